The van der Waals surface area contributed by atoms with Crippen LogP contribution >= 0.6 is 22.6 Å². The second-order valence-corrected chi connectivity index (χ2v) is 9.74. The average Bonchev–Trinajstić information content (AvgIpc) is 3.36. The molecule has 0 saturated carbocycles. The molecule has 0 bridgehead atoms. The highest BCUT2D eigenvalue weighted by Crippen LogP contribution is 2.22. The number of nitrogens with zero attached hydrogens (tertiary/aromatic N) is 1. The molecule has 1 aliphatic heterocycles. The molecule has 3 aromatic rings. The Hall–Kier alpha value is -2.11. The monoisotopic (exact) mass is 537 g/mol. The number of hydrogen-bond donors (Lipinski definition) is 0. The fourth-order valence-corrected chi connectivity index (χ4v) is 4.57. The number of halogens is 1. The van der Waals surface area contributed by atoms with E-state index in [1.54, 1.807) is 0 Å². The first-order chi connectivity index (χ1) is 15.8. The molecule has 0 unspecified atom stereocenters. The Morgan fingerprint density at radius 2 is 1.53 bits per heavy atom. The van der Waals surface area contributed by atoms with E-state index in [2.05, 4.69) is 112 Å². The molecule has 3 heteroatoms. The topological polar surface area (TPSA) is 12.5 Å². The minimum Gasteiger partial charge on any atom is -0.494 e. The van der Waals surface area contributed by atoms with Crippen molar-refractivity contribution in [2.45, 2.75) is 32.1 Å². The minimum absolute atomic E-state index is 0.796. The summed E-state index contributed by atoms with van der Waals surface area (Å²) >= 11 is 2.36. The van der Waals surface area contributed by atoms with Gasteiger partial charge in [0, 0.05) is 10.1 Å². The van der Waals surface area contributed by atoms with Crippen molar-refractivity contribution in [3.05, 3.63) is 105 Å². The third-order valence-electron chi connectivity index (χ3n) is 6.05. The molecule has 1 heterocycles. The molecular formula is C29H32INO. The summed E-state index contributed by atoms with van der Waals surface area (Å²) in [6.07, 6.45) is 8.05. The Bertz CT molecular complexity index is 974. The van der Waals surface area contributed by atoms with Gasteiger partial charge in [-0.1, -0.05) is 60.7 Å². The fourth-order valence-electron chi connectivity index (χ4n) is 4.21. The van der Waals surface area contributed by atoms with E-state index in [9.17, 15) is 0 Å². The van der Waals surface area contributed by atoms with Gasteiger partial charge in [-0.2, -0.15) is 0 Å². The summed E-state index contributed by atoms with van der Waals surface area (Å²) in [5, 5.41) is 0. The molecule has 4 rings (SSSR count). The Morgan fingerprint density at radius 1 is 0.844 bits per heavy atom. The van der Waals surface area contributed by atoms with Crippen molar-refractivity contribution in [1.29, 1.82) is 0 Å². The summed E-state index contributed by atoms with van der Waals surface area (Å²) in [5.74, 6) is 0.973. The van der Waals surface area contributed by atoms with Gasteiger partial charge in [-0.05, 0) is 114 Å². The van der Waals surface area contributed by atoms with E-state index in [-0.39, 0.29) is 0 Å². The predicted molar refractivity (Wildman–Crippen MR) is 143 cm³/mol. The number of likely N-dealkylation sites (tertiary alicyclic amines) is 1. The third-order valence-corrected chi connectivity index (χ3v) is 6.77. The van der Waals surface area contributed by atoms with Gasteiger partial charge in [0.2, 0.25) is 0 Å². The molecule has 0 spiro atoms. The Labute approximate surface area is 206 Å². The van der Waals surface area contributed by atoms with Crippen LogP contribution in [0, 0.1) is 3.57 Å². The normalized spacial score (nSPS) is 14.6. The van der Waals surface area contributed by atoms with Crippen LogP contribution in [0.15, 0.2) is 84.9 Å². The highest BCUT2D eigenvalue weighted by molar-refractivity contribution is 14.1. The van der Waals surface area contributed by atoms with E-state index >= 15 is 0 Å². The van der Waals surface area contributed by atoms with Crippen LogP contribution in [-0.2, 0) is 12.8 Å². The van der Waals surface area contributed by atoms with Gasteiger partial charge in [-0.25, -0.2) is 0 Å². The Balaban J connectivity index is 1.34. The molecule has 1 saturated heterocycles. The summed E-state index contributed by atoms with van der Waals surface area (Å²) in [6, 6.07) is 28.2. The van der Waals surface area contributed by atoms with E-state index in [0.717, 1.165) is 38.2 Å². The van der Waals surface area contributed by atoms with E-state index < -0.39 is 0 Å². The van der Waals surface area contributed by atoms with Crippen molar-refractivity contribution < 1.29 is 4.74 Å². The molecule has 0 aliphatic carbocycles. The van der Waals surface area contributed by atoms with Gasteiger partial charge in [-0.3, -0.25) is 0 Å². The molecule has 0 radical (unpaired) electrons. The van der Waals surface area contributed by atoms with Crippen molar-refractivity contribution in [3.63, 3.8) is 0 Å². The molecule has 1 fully saturated rings. The lowest BCUT2D eigenvalue weighted by molar-refractivity contribution is 0.263. The predicted octanol–water partition coefficient (Wildman–Crippen LogP) is 7.02. The fraction of sp³-hybridized carbons (Fsp3) is 0.310. The van der Waals surface area contributed by atoms with Crippen molar-refractivity contribution in [1.82, 2.24) is 4.90 Å². The molecule has 0 amide bonds. The van der Waals surface area contributed by atoms with E-state index in [0.29, 0.717) is 0 Å². The van der Waals surface area contributed by atoms with Gasteiger partial charge in [0.25, 0.3) is 0 Å². The molecule has 0 N–H and O–H groups in total. The summed E-state index contributed by atoms with van der Waals surface area (Å²) in [7, 11) is 0. The smallest absolute Gasteiger partial charge is 0.119 e. The largest absolute Gasteiger partial charge is 0.494 e. The first-order valence-corrected chi connectivity index (χ1v) is 12.8. The molecule has 0 aromatic heterocycles. The van der Waals surface area contributed by atoms with Crippen LogP contribution in [0.5, 0.6) is 5.75 Å². The van der Waals surface area contributed by atoms with Crippen molar-refractivity contribution in [2.75, 3.05) is 26.2 Å². The number of rotatable bonds is 10. The lowest BCUT2D eigenvalue weighted by Crippen LogP contribution is -2.21. The molecular weight excluding hydrogens is 505 g/mol. The summed E-state index contributed by atoms with van der Waals surface area (Å²) in [5.41, 5.74) is 5.32. The van der Waals surface area contributed by atoms with Crippen LogP contribution in [-0.4, -0.2) is 31.1 Å². The maximum absolute atomic E-state index is 5.96. The number of benzene rings is 3. The summed E-state index contributed by atoms with van der Waals surface area (Å²) in [6.45, 7) is 4.48. The van der Waals surface area contributed by atoms with Crippen molar-refractivity contribution >= 4 is 28.2 Å². The number of hydrogen-bond acceptors (Lipinski definition) is 2. The summed E-state index contributed by atoms with van der Waals surface area (Å²) in [4.78, 5) is 2.54. The molecule has 3 aromatic carbocycles. The average molecular weight is 537 g/mol. The molecule has 2 nitrogen and oxygen atoms in total. The molecule has 1 aliphatic rings. The van der Waals surface area contributed by atoms with Crippen LogP contribution in [0.25, 0.3) is 5.57 Å². The van der Waals surface area contributed by atoms with Gasteiger partial charge >= 0.3 is 0 Å². The van der Waals surface area contributed by atoms with Crippen LogP contribution in [0.1, 0.15) is 36.0 Å². The van der Waals surface area contributed by atoms with Gasteiger partial charge in [0.1, 0.15) is 5.75 Å². The third kappa shape index (κ3) is 7.21. The lowest BCUT2D eigenvalue weighted by atomic mass is 9.96. The van der Waals surface area contributed by atoms with Gasteiger partial charge in [0.15, 0.2) is 0 Å². The van der Waals surface area contributed by atoms with Crippen molar-refractivity contribution in [2.24, 2.45) is 0 Å². The zero-order valence-electron chi connectivity index (χ0n) is 18.7. The Kier molecular flexibility index (Phi) is 8.80. The molecule has 166 valence electrons. The maximum atomic E-state index is 5.96. The highest BCUT2D eigenvalue weighted by Gasteiger charge is 2.10. The lowest BCUT2D eigenvalue weighted by Gasteiger charge is -2.14. The van der Waals surface area contributed by atoms with Gasteiger partial charge < -0.3 is 9.64 Å². The Morgan fingerprint density at radius 3 is 2.25 bits per heavy atom. The van der Waals surface area contributed by atoms with Crippen LogP contribution < -0.4 is 4.74 Å². The highest BCUT2D eigenvalue weighted by atomic mass is 127. The van der Waals surface area contributed by atoms with E-state index in [4.69, 9.17) is 4.74 Å². The second-order valence-electron chi connectivity index (χ2n) is 8.50. The first kappa shape index (κ1) is 23.1. The SMILES string of the molecule is Ic1ccc(C/C(=C/Cc2ccc(OCCCN3CCCC3)cc2)c2ccccc2)cc1. The quantitative estimate of drug-likeness (QED) is 0.204. The van der Waals surface area contributed by atoms with Crippen LogP contribution in [0.2, 0.25) is 0 Å². The van der Waals surface area contributed by atoms with Crippen molar-refractivity contribution in [3.8, 4) is 5.75 Å². The molecule has 32 heavy (non-hydrogen) atoms. The standard InChI is InChI=1S/C29H32INO/c30-28-15-10-25(11-16-28)23-27(26-7-2-1-3-8-26)14-9-24-12-17-29(18-13-24)32-22-6-21-31-19-4-5-20-31/h1-3,7-8,10-18H,4-6,9,19-23H2/b27-14-. The number of allylic oxidation sites excluding steroid dienone is 2. The minimum atomic E-state index is 0.796. The van der Waals surface area contributed by atoms with Crippen LogP contribution in [0.3, 0.4) is 0 Å². The van der Waals surface area contributed by atoms with E-state index in [1.165, 1.54) is 51.8 Å². The second kappa shape index (κ2) is 12.2. The molecule has 0 atom stereocenters. The summed E-state index contributed by atoms with van der Waals surface area (Å²) < 4.78 is 7.23. The van der Waals surface area contributed by atoms with Gasteiger partial charge in [0.05, 0.1) is 6.61 Å². The zero-order valence-corrected chi connectivity index (χ0v) is 20.8. The zero-order chi connectivity index (χ0) is 22.0. The number of ether oxygens (including phenoxy) is 1. The van der Waals surface area contributed by atoms with E-state index in [1.807, 2.05) is 0 Å². The first-order valence-electron chi connectivity index (χ1n) is 11.7. The van der Waals surface area contributed by atoms with Crippen LogP contribution in [0.4, 0.5) is 0 Å². The maximum Gasteiger partial charge on any atom is 0.119 e. The van der Waals surface area contributed by atoms with Gasteiger partial charge in [-0.15, -0.1) is 0 Å².